The number of aromatic amines is 1. The van der Waals surface area contributed by atoms with Crippen LogP contribution in [0.25, 0.3) is 11.2 Å². The van der Waals surface area contributed by atoms with Crippen molar-refractivity contribution in [3.05, 3.63) is 46.5 Å². The molecule has 2 N–H and O–H groups in total. The van der Waals surface area contributed by atoms with E-state index in [0.29, 0.717) is 21.7 Å². The number of hydrogen-bond acceptors (Lipinski definition) is 5. The SMILES string of the molecule is Clc1cc(Cl)cc(CN2CCC(Nc3ncnc4nc[nH]c34)CC2)c1. The highest BCUT2D eigenvalue weighted by Gasteiger charge is 2.20. The fourth-order valence-electron chi connectivity index (χ4n) is 3.26. The molecule has 8 heteroatoms. The first kappa shape index (κ1) is 16.6. The van der Waals surface area contributed by atoms with Gasteiger partial charge in [0.2, 0.25) is 0 Å². The van der Waals surface area contributed by atoms with Gasteiger partial charge in [-0.1, -0.05) is 23.2 Å². The van der Waals surface area contributed by atoms with Gasteiger partial charge in [-0.25, -0.2) is 15.0 Å². The lowest BCUT2D eigenvalue weighted by Gasteiger charge is -2.32. The number of hydrogen-bond donors (Lipinski definition) is 2. The molecule has 2 aromatic heterocycles. The van der Waals surface area contributed by atoms with Crippen molar-refractivity contribution in [3.8, 4) is 0 Å². The van der Waals surface area contributed by atoms with Gasteiger partial charge < -0.3 is 10.3 Å². The molecule has 1 aromatic carbocycles. The first-order valence-electron chi connectivity index (χ1n) is 8.25. The zero-order valence-corrected chi connectivity index (χ0v) is 15.1. The van der Waals surface area contributed by atoms with Crippen molar-refractivity contribution in [1.82, 2.24) is 24.8 Å². The van der Waals surface area contributed by atoms with Crippen LogP contribution in [0.5, 0.6) is 0 Å². The average molecular weight is 377 g/mol. The van der Waals surface area contributed by atoms with Gasteiger partial charge in [-0.3, -0.25) is 4.90 Å². The molecule has 0 amide bonds. The molecule has 1 fully saturated rings. The van der Waals surface area contributed by atoms with Crippen molar-refractivity contribution in [2.75, 3.05) is 18.4 Å². The Morgan fingerprint density at radius 3 is 2.60 bits per heavy atom. The molecule has 0 aliphatic carbocycles. The minimum Gasteiger partial charge on any atom is -0.365 e. The molecule has 0 unspecified atom stereocenters. The molecule has 1 saturated heterocycles. The molecular weight excluding hydrogens is 359 g/mol. The van der Waals surface area contributed by atoms with Gasteiger partial charge in [-0.2, -0.15) is 0 Å². The molecule has 4 rings (SSSR count). The van der Waals surface area contributed by atoms with Crippen LogP contribution in [0, 0.1) is 0 Å². The maximum Gasteiger partial charge on any atom is 0.182 e. The Kier molecular flexibility index (Phi) is 4.74. The number of H-pyrrole nitrogens is 1. The number of fused-ring (bicyclic) bond motifs is 1. The summed E-state index contributed by atoms with van der Waals surface area (Å²) in [4.78, 5) is 18.2. The van der Waals surface area contributed by atoms with Gasteiger partial charge in [0.25, 0.3) is 0 Å². The minimum absolute atomic E-state index is 0.389. The number of rotatable bonds is 4. The Balaban J connectivity index is 1.36. The molecule has 1 aliphatic rings. The summed E-state index contributed by atoms with van der Waals surface area (Å²) < 4.78 is 0. The Morgan fingerprint density at radius 1 is 1.08 bits per heavy atom. The predicted octanol–water partition coefficient (Wildman–Crippen LogP) is 3.74. The third-order valence-electron chi connectivity index (χ3n) is 4.48. The Morgan fingerprint density at radius 2 is 1.84 bits per heavy atom. The van der Waals surface area contributed by atoms with Crippen LogP contribution in [-0.4, -0.2) is 44.0 Å². The maximum atomic E-state index is 6.09. The van der Waals surface area contributed by atoms with E-state index in [1.165, 1.54) is 0 Å². The smallest absolute Gasteiger partial charge is 0.182 e. The number of nitrogens with zero attached hydrogens (tertiary/aromatic N) is 4. The fourth-order valence-corrected chi connectivity index (χ4v) is 3.83. The molecule has 6 nitrogen and oxygen atoms in total. The number of aromatic nitrogens is 4. The van der Waals surface area contributed by atoms with Crippen LogP contribution < -0.4 is 5.32 Å². The summed E-state index contributed by atoms with van der Waals surface area (Å²) in [6.07, 6.45) is 5.29. The highest BCUT2D eigenvalue weighted by atomic mass is 35.5. The van der Waals surface area contributed by atoms with E-state index in [0.717, 1.165) is 49.4 Å². The third-order valence-corrected chi connectivity index (χ3v) is 4.92. The van der Waals surface area contributed by atoms with Gasteiger partial charge in [-0.05, 0) is 36.6 Å². The number of benzene rings is 1. The van der Waals surface area contributed by atoms with E-state index in [1.807, 2.05) is 12.1 Å². The Bertz CT molecular complexity index is 852. The van der Waals surface area contributed by atoms with Crippen LogP contribution in [0.1, 0.15) is 18.4 Å². The summed E-state index contributed by atoms with van der Waals surface area (Å²) in [7, 11) is 0. The van der Waals surface area contributed by atoms with Crippen LogP contribution in [-0.2, 0) is 6.54 Å². The summed E-state index contributed by atoms with van der Waals surface area (Å²) in [5.41, 5.74) is 2.70. The Hall–Kier alpha value is -1.89. The highest BCUT2D eigenvalue weighted by molar-refractivity contribution is 6.34. The number of nitrogens with one attached hydrogen (secondary N) is 2. The van der Waals surface area contributed by atoms with Crippen LogP contribution in [0.4, 0.5) is 5.82 Å². The molecule has 0 bridgehead atoms. The molecule has 0 atom stereocenters. The summed E-state index contributed by atoms with van der Waals surface area (Å²) in [6.45, 7) is 2.89. The van der Waals surface area contributed by atoms with Crippen LogP contribution in [0.3, 0.4) is 0 Å². The second-order valence-corrected chi connectivity index (χ2v) is 7.17. The molecule has 1 aliphatic heterocycles. The number of imidazole rings is 1. The van der Waals surface area contributed by atoms with E-state index in [9.17, 15) is 0 Å². The second kappa shape index (κ2) is 7.15. The van der Waals surface area contributed by atoms with E-state index >= 15 is 0 Å². The fraction of sp³-hybridized carbons (Fsp3) is 0.353. The summed E-state index contributed by atoms with van der Waals surface area (Å²) in [6, 6.07) is 6.11. The van der Waals surface area contributed by atoms with Gasteiger partial charge >= 0.3 is 0 Å². The summed E-state index contributed by atoms with van der Waals surface area (Å²) in [5.74, 6) is 0.822. The van der Waals surface area contributed by atoms with Crippen molar-refractivity contribution in [2.45, 2.75) is 25.4 Å². The van der Waals surface area contributed by atoms with Gasteiger partial charge in [-0.15, -0.1) is 0 Å². The summed E-state index contributed by atoms with van der Waals surface area (Å²) >= 11 is 12.2. The van der Waals surface area contributed by atoms with Gasteiger partial charge in [0.05, 0.1) is 6.33 Å². The largest absolute Gasteiger partial charge is 0.365 e. The van der Waals surface area contributed by atoms with E-state index in [-0.39, 0.29) is 0 Å². The van der Waals surface area contributed by atoms with E-state index in [2.05, 4.69) is 30.2 Å². The monoisotopic (exact) mass is 376 g/mol. The van der Waals surface area contributed by atoms with E-state index in [4.69, 9.17) is 23.2 Å². The van der Waals surface area contributed by atoms with E-state index in [1.54, 1.807) is 18.7 Å². The van der Waals surface area contributed by atoms with Crippen LogP contribution in [0.15, 0.2) is 30.9 Å². The molecule has 3 aromatic rings. The van der Waals surface area contributed by atoms with Crippen molar-refractivity contribution >= 4 is 40.2 Å². The molecule has 25 heavy (non-hydrogen) atoms. The number of anilines is 1. The van der Waals surface area contributed by atoms with Crippen LogP contribution in [0.2, 0.25) is 10.0 Å². The van der Waals surface area contributed by atoms with Gasteiger partial charge in [0, 0.05) is 35.7 Å². The lowest BCUT2D eigenvalue weighted by molar-refractivity contribution is 0.211. The lowest BCUT2D eigenvalue weighted by Crippen LogP contribution is -2.38. The zero-order chi connectivity index (χ0) is 17.2. The zero-order valence-electron chi connectivity index (χ0n) is 13.5. The normalized spacial score (nSPS) is 16.4. The third kappa shape index (κ3) is 3.86. The number of halogens is 2. The van der Waals surface area contributed by atoms with Crippen LogP contribution >= 0.6 is 23.2 Å². The standard InChI is InChI=1S/C17H18Cl2N6/c18-12-5-11(6-13(19)7-12)8-25-3-1-14(2-4-25)24-17-15-16(21-9-20-15)22-10-23-17/h5-7,9-10,14H,1-4,8H2,(H2,20,21,22,23,24). The van der Waals surface area contributed by atoms with Crippen molar-refractivity contribution in [3.63, 3.8) is 0 Å². The number of likely N-dealkylation sites (tertiary alicyclic amines) is 1. The molecule has 0 spiro atoms. The first-order valence-corrected chi connectivity index (χ1v) is 9.01. The maximum absolute atomic E-state index is 6.09. The quantitative estimate of drug-likeness (QED) is 0.725. The number of piperidine rings is 1. The summed E-state index contributed by atoms with van der Waals surface area (Å²) in [5, 5.41) is 4.89. The molecule has 3 heterocycles. The van der Waals surface area contributed by atoms with E-state index < -0.39 is 0 Å². The molecule has 0 radical (unpaired) electrons. The topological polar surface area (TPSA) is 69.7 Å². The molecule has 130 valence electrons. The first-order chi connectivity index (χ1) is 12.2. The Labute approximate surface area is 155 Å². The van der Waals surface area contributed by atoms with Gasteiger partial charge in [0.15, 0.2) is 11.5 Å². The molecular formula is C17H18Cl2N6. The molecule has 0 saturated carbocycles. The average Bonchev–Trinajstić information content (AvgIpc) is 3.05. The van der Waals surface area contributed by atoms with Crippen molar-refractivity contribution in [1.29, 1.82) is 0 Å². The lowest BCUT2D eigenvalue weighted by atomic mass is 10.0. The highest BCUT2D eigenvalue weighted by Crippen LogP contribution is 2.23. The minimum atomic E-state index is 0.389. The van der Waals surface area contributed by atoms with Crippen molar-refractivity contribution < 1.29 is 0 Å². The van der Waals surface area contributed by atoms with Crippen molar-refractivity contribution in [2.24, 2.45) is 0 Å². The predicted molar refractivity (Wildman–Crippen MR) is 100 cm³/mol. The van der Waals surface area contributed by atoms with Gasteiger partial charge in [0.1, 0.15) is 11.8 Å². The second-order valence-electron chi connectivity index (χ2n) is 6.30.